The van der Waals surface area contributed by atoms with E-state index in [4.69, 9.17) is 5.84 Å². The van der Waals surface area contributed by atoms with E-state index in [1.165, 1.54) is 19.3 Å². The zero-order valence-electron chi connectivity index (χ0n) is 11.4. The average molecular weight is 265 g/mol. The quantitative estimate of drug-likeness (QED) is 0.473. The summed E-state index contributed by atoms with van der Waals surface area (Å²) in [6, 6.07) is 1.90. The highest BCUT2D eigenvalue weighted by atomic mass is 16.3. The van der Waals surface area contributed by atoms with Gasteiger partial charge in [0, 0.05) is 24.9 Å². The SMILES string of the molecule is Cc1cc(NCC2CCCCC2CO)nc(NN)n1. The zero-order valence-corrected chi connectivity index (χ0v) is 11.4. The molecule has 1 heterocycles. The molecule has 2 atom stereocenters. The average Bonchev–Trinajstić information content (AvgIpc) is 2.44. The largest absolute Gasteiger partial charge is 0.396 e. The second-order valence-electron chi connectivity index (χ2n) is 5.23. The molecule has 0 radical (unpaired) electrons. The normalized spacial score (nSPS) is 23.1. The maximum absolute atomic E-state index is 9.40. The molecule has 1 aliphatic carbocycles. The summed E-state index contributed by atoms with van der Waals surface area (Å²) in [6.07, 6.45) is 4.78. The summed E-state index contributed by atoms with van der Waals surface area (Å²) >= 11 is 0. The van der Waals surface area contributed by atoms with Gasteiger partial charge in [0.15, 0.2) is 0 Å². The molecule has 1 aliphatic rings. The van der Waals surface area contributed by atoms with Crippen LogP contribution >= 0.6 is 0 Å². The van der Waals surface area contributed by atoms with E-state index < -0.39 is 0 Å². The number of nitrogens with two attached hydrogens (primary N) is 1. The Labute approximate surface area is 113 Å². The highest BCUT2D eigenvalue weighted by molar-refractivity contribution is 5.41. The van der Waals surface area contributed by atoms with Crippen molar-refractivity contribution < 1.29 is 5.11 Å². The van der Waals surface area contributed by atoms with Crippen molar-refractivity contribution in [3.8, 4) is 0 Å². The first-order valence-corrected chi connectivity index (χ1v) is 6.90. The fourth-order valence-corrected chi connectivity index (χ4v) is 2.75. The Balaban J connectivity index is 1.95. The Morgan fingerprint density at radius 1 is 1.32 bits per heavy atom. The van der Waals surface area contributed by atoms with Crippen molar-refractivity contribution in [3.63, 3.8) is 0 Å². The molecule has 0 aliphatic heterocycles. The molecule has 1 fully saturated rings. The molecule has 1 aromatic rings. The Kier molecular flexibility index (Phi) is 4.93. The van der Waals surface area contributed by atoms with E-state index in [2.05, 4.69) is 20.7 Å². The lowest BCUT2D eigenvalue weighted by molar-refractivity contribution is 0.141. The van der Waals surface area contributed by atoms with Crippen molar-refractivity contribution in [3.05, 3.63) is 11.8 Å². The minimum Gasteiger partial charge on any atom is -0.396 e. The number of aryl methyl sites for hydroxylation is 1. The number of hydrogen-bond acceptors (Lipinski definition) is 6. The fraction of sp³-hybridized carbons (Fsp3) is 0.692. The molecule has 0 bridgehead atoms. The second kappa shape index (κ2) is 6.68. The molecule has 0 spiro atoms. The van der Waals surface area contributed by atoms with E-state index >= 15 is 0 Å². The first-order chi connectivity index (χ1) is 9.22. The van der Waals surface area contributed by atoms with Gasteiger partial charge in [-0.2, -0.15) is 4.98 Å². The van der Waals surface area contributed by atoms with Gasteiger partial charge in [0.1, 0.15) is 5.82 Å². The van der Waals surface area contributed by atoms with Crippen molar-refractivity contribution in [2.24, 2.45) is 17.7 Å². The molecule has 19 heavy (non-hydrogen) atoms. The van der Waals surface area contributed by atoms with Crippen LogP contribution in [0.2, 0.25) is 0 Å². The molecular weight excluding hydrogens is 242 g/mol. The summed E-state index contributed by atoms with van der Waals surface area (Å²) in [5.74, 6) is 7.47. The summed E-state index contributed by atoms with van der Waals surface area (Å²) in [6.45, 7) is 3.03. The van der Waals surface area contributed by atoms with E-state index in [9.17, 15) is 5.11 Å². The van der Waals surface area contributed by atoms with Crippen LogP contribution in [0.15, 0.2) is 6.07 Å². The molecule has 1 aromatic heterocycles. The first kappa shape index (κ1) is 14.0. The summed E-state index contributed by atoms with van der Waals surface area (Å²) in [7, 11) is 0. The molecular formula is C13H23N5O. The molecule has 0 amide bonds. The fourth-order valence-electron chi connectivity index (χ4n) is 2.75. The zero-order chi connectivity index (χ0) is 13.7. The molecule has 0 aromatic carbocycles. The van der Waals surface area contributed by atoms with Gasteiger partial charge >= 0.3 is 0 Å². The van der Waals surface area contributed by atoms with Crippen LogP contribution in [0, 0.1) is 18.8 Å². The van der Waals surface area contributed by atoms with Gasteiger partial charge in [-0.05, 0) is 31.6 Å². The summed E-state index contributed by atoms with van der Waals surface area (Å²) < 4.78 is 0. The number of aliphatic hydroxyl groups is 1. The maximum atomic E-state index is 9.40. The standard InChI is InChI=1S/C13H23N5O/c1-9-6-12(17-13(16-9)18-14)15-7-10-4-2-3-5-11(10)8-19/h6,10-11,19H,2-5,7-8,14H2,1H3,(H2,15,16,17,18). The number of nitrogens with one attached hydrogen (secondary N) is 2. The van der Waals surface area contributed by atoms with Gasteiger partial charge in [0.05, 0.1) is 0 Å². The van der Waals surface area contributed by atoms with E-state index in [0.29, 0.717) is 17.8 Å². The van der Waals surface area contributed by atoms with E-state index in [-0.39, 0.29) is 6.61 Å². The Morgan fingerprint density at radius 2 is 2.05 bits per heavy atom. The highest BCUT2D eigenvalue weighted by Crippen LogP contribution is 2.29. The molecule has 2 unspecified atom stereocenters. The lowest BCUT2D eigenvalue weighted by atomic mass is 9.79. The van der Waals surface area contributed by atoms with Crippen LogP contribution in [0.25, 0.3) is 0 Å². The number of rotatable bonds is 5. The molecule has 2 rings (SSSR count). The summed E-state index contributed by atoms with van der Waals surface area (Å²) in [4.78, 5) is 8.42. The lowest BCUT2D eigenvalue weighted by Crippen LogP contribution is -2.29. The van der Waals surface area contributed by atoms with Crippen molar-refractivity contribution in [1.29, 1.82) is 0 Å². The van der Waals surface area contributed by atoms with Crippen LogP contribution in [0.4, 0.5) is 11.8 Å². The molecule has 1 saturated carbocycles. The van der Waals surface area contributed by atoms with Crippen LogP contribution in [-0.2, 0) is 0 Å². The predicted octanol–water partition coefficient (Wildman–Crippen LogP) is 1.28. The van der Waals surface area contributed by atoms with Crippen LogP contribution in [0.3, 0.4) is 0 Å². The van der Waals surface area contributed by atoms with Crippen LogP contribution in [0.5, 0.6) is 0 Å². The van der Waals surface area contributed by atoms with Crippen LogP contribution < -0.4 is 16.6 Å². The third-order valence-electron chi connectivity index (χ3n) is 3.83. The molecule has 6 nitrogen and oxygen atoms in total. The number of hydrazine groups is 1. The minimum atomic E-state index is 0.282. The monoisotopic (exact) mass is 265 g/mol. The van der Waals surface area contributed by atoms with Gasteiger partial charge in [-0.25, -0.2) is 10.8 Å². The third kappa shape index (κ3) is 3.78. The van der Waals surface area contributed by atoms with Crippen molar-refractivity contribution in [1.82, 2.24) is 9.97 Å². The number of hydrogen-bond donors (Lipinski definition) is 4. The van der Waals surface area contributed by atoms with E-state index in [1.807, 2.05) is 13.0 Å². The number of anilines is 2. The topological polar surface area (TPSA) is 96.1 Å². The molecule has 6 heteroatoms. The third-order valence-corrected chi connectivity index (χ3v) is 3.83. The smallest absolute Gasteiger partial charge is 0.239 e. The number of nitrogen functional groups attached to an aromatic ring is 1. The van der Waals surface area contributed by atoms with Crippen molar-refractivity contribution >= 4 is 11.8 Å². The van der Waals surface area contributed by atoms with Gasteiger partial charge in [-0.3, -0.25) is 5.43 Å². The minimum absolute atomic E-state index is 0.282. The van der Waals surface area contributed by atoms with Crippen LogP contribution in [-0.4, -0.2) is 28.2 Å². The van der Waals surface area contributed by atoms with Gasteiger partial charge in [-0.15, -0.1) is 0 Å². The number of aromatic nitrogens is 2. The Bertz CT molecular complexity index is 412. The van der Waals surface area contributed by atoms with Gasteiger partial charge in [-0.1, -0.05) is 12.8 Å². The molecule has 5 N–H and O–H groups in total. The summed E-state index contributed by atoms with van der Waals surface area (Å²) in [5.41, 5.74) is 3.33. The van der Waals surface area contributed by atoms with Crippen molar-refractivity contribution in [2.45, 2.75) is 32.6 Å². The molecule has 106 valence electrons. The summed E-state index contributed by atoms with van der Waals surface area (Å²) in [5, 5.41) is 12.7. The predicted molar refractivity (Wildman–Crippen MR) is 75.6 cm³/mol. The highest BCUT2D eigenvalue weighted by Gasteiger charge is 2.24. The number of aliphatic hydroxyl groups excluding tert-OH is 1. The number of nitrogens with zero attached hydrogens (tertiary/aromatic N) is 2. The first-order valence-electron chi connectivity index (χ1n) is 6.90. The van der Waals surface area contributed by atoms with Crippen molar-refractivity contribution in [2.75, 3.05) is 23.9 Å². The van der Waals surface area contributed by atoms with E-state index in [1.54, 1.807) is 0 Å². The van der Waals surface area contributed by atoms with Gasteiger partial charge in [0.25, 0.3) is 0 Å². The second-order valence-corrected chi connectivity index (χ2v) is 5.23. The van der Waals surface area contributed by atoms with Gasteiger partial charge < -0.3 is 10.4 Å². The lowest BCUT2D eigenvalue weighted by Gasteiger charge is -2.30. The van der Waals surface area contributed by atoms with E-state index in [0.717, 1.165) is 24.5 Å². The molecule has 0 saturated heterocycles. The Morgan fingerprint density at radius 3 is 2.74 bits per heavy atom. The van der Waals surface area contributed by atoms with Gasteiger partial charge in [0.2, 0.25) is 5.95 Å². The van der Waals surface area contributed by atoms with Crippen LogP contribution in [0.1, 0.15) is 31.4 Å². The Hall–Kier alpha value is -1.40. The maximum Gasteiger partial charge on any atom is 0.239 e.